The number of nitrogens with zero attached hydrogens (tertiary/aromatic N) is 1. The summed E-state index contributed by atoms with van der Waals surface area (Å²) in [5.41, 5.74) is 1.19. The number of rotatable bonds is 1. The van der Waals surface area contributed by atoms with Crippen LogP contribution < -0.4 is 0 Å². The van der Waals surface area contributed by atoms with Crippen molar-refractivity contribution in [2.45, 2.75) is 19.8 Å². The zero-order valence-electron chi connectivity index (χ0n) is 7.57. The van der Waals surface area contributed by atoms with E-state index in [1.807, 2.05) is 12.3 Å². The van der Waals surface area contributed by atoms with Crippen LogP contribution in [0.5, 0.6) is 0 Å². The molecule has 0 saturated carbocycles. The molecule has 0 saturated heterocycles. The Bertz CT molecular complexity index is 264. The van der Waals surface area contributed by atoms with Crippen molar-refractivity contribution >= 4 is 18.1 Å². The van der Waals surface area contributed by atoms with E-state index in [1.165, 1.54) is 5.56 Å². The summed E-state index contributed by atoms with van der Waals surface area (Å²) in [5, 5.41) is 7.60. The molecule has 0 aliphatic carbocycles. The fourth-order valence-electron chi connectivity index (χ4n) is 0.744. The van der Waals surface area contributed by atoms with Gasteiger partial charge in [-0.25, -0.2) is 0 Å². The lowest BCUT2D eigenvalue weighted by Gasteiger charge is -2.02. The average Bonchev–Trinajstić information content (AvgIpc) is 2.05. The number of carboxylic acid groups (broad SMARTS) is 1. The topological polar surface area (TPSA) is 50.2 Å². The fraction of sp³-hybridized carbons (Fsp3) is 0.333. The molecule has 1 aromatic rings. The molecule has 0 amide bonds. The first-order chi connectivity index (χ1) is 6.11. The van der Waals surface area contributed by atoms with Crippen molar-refractivity contribution in [3.8, 4) is 0 Å². The Balaban J connectivity index is 0.000000424. The minimum Gasteiger partial charge on any atom is -0.483 e. The molecule has 0 unspecified atom stereocenters. The molecule has 0 bridgehead atoms. The first kappa shape index (κ1) is 11.9. The van der Waals surface area contributed by atoms with Gasteiger partial charge >= 0.3 is 0 Å². The third-order valence-corrected chi connectivity index (χ3v) is 1.60. The third-order valence-electron chi connectivity index (χ3n) is 1.39. The van der Waals surface area contributed by atoms with E-state index in [4.69, 9.17) is 21.5 Å². The van der Waals surface area contributed by atoms with Gasteiger partial charge in [0.25, 0.3) is 6.47 Å². The molecule has 1 N–H and O–H groups in total. The molecule has 0 atom stereocenters. The van der Waals surface area contributed by atoms with Crippen LogP contribution in [0.25, 0.3) is 0 Å². The van der Waals surface area contributed by atoms with Crippen molar-refractivity contribution in [1.29, 1.82) is 0 Å². The van der Waals surface area contributed by atoms with Gasteiger partial charge in [-0.05, 0) is 17.5 Å². The van der Waals surface area contributed by atoms with Crippen LogP contribution in [-0.4, -0.2) is 16.6 Å². The Morgan fingerprint density at radius 3 is 2.38 bits per heavy atom. The Hall–Kier alpha value is -1.09. The van der Waals surface area contributed by atoms with Crippen molar-refractivity contribution in [2.24, 2.45) is 0 Å². The summed E-state index contributed by atoms with van der Waals surface area (Å²) in [6.45, 7) is 3.99. The standard InChI is InChI=1S/C8H10ClN.CH2O2/c1-6(2)7-3-8(9)5-10-4-7;2-1-3/h3-6H,1-2H3;1H,(H,2,3). The van der Waals surface area contributed by atoms with Crippen molar-refractivity contribution in [3.63, 3.8) is 0 Å². The SMILES string of the molecule is CC(C)c1cncc(Cl)c1.O=CO. The summed E-state index contributed by atoms with van der Waals surface area (Å²) in [4.78, 5) is 12.3. The molecule has 0 radical (unpaired) electrons. The molecule has 1 rings (SSSR count). The number of pyridine rings is 1. The van der Waals surface area contributed by atoms with E-state index in [9.17, 15) is 0 Å². The van der Waals surface area contributed by atoms with Crippen molar-refractivity contribution in [1.82, 2.24) is 4.98 Å². The minimum atomic E-state index is -0.250. The summed E-state index contributed by atoms with van der Waals surface area (Å²) in [6, 6.07) is 1.94. The first-order valence-corrected chi connectivity index (χ1v) is 4.18. The summed E-state index contributed by atoms with van der Waals surface area (Å²) in [5.74, 6) is 0.506. The van der Waals surface area contributed by atoms with Gasteiger partial charge in [-0.15, -0.1) is 0 Å². The van der Waals surface area contributed by atoms with Gasteiger partial charge in [0.2, 0.25) is 0 Å². The maximum absolute atomic E-state index is 8.36. The van der Waals surface area contributed by atoms with E-state index in [2.05, 4.69) is 18.8 Å². The van der Waals surface area contributed by atoms with Crippen LogP contribution in [0.2, 0.25) is 5.02 Å². The second-order valence-corrected chi connectivity index (χ2v) is 3.13. The highest BCUT2D eigenvalue weighted by Crippen LogP contribution is 2.16. The van der Waals surface area contributed by atoms with Gasteiger partial charge in [-0.1, -0.05) is 25.4 Å². The van der Waals surface area contributed by atoms with E-state index in [1.54, 1.807) is 6.20 Å². The van der Waals surface area contributed by atoms with E-state index < -0.39 is 0 Å². The number of aromatic nitrogens is 1. The molecule has 4 heteroatoms. The van der Waals surface area contributed by atoms with Crippen LogP contribution in [0.1, 0.15) is 25.3 Å². The van der Waals surface area contributed by atoms with Gasteiger partial charge in [-0.2, -0.15) is 0 Å². The van der Waals surface area contributed by atoms with Gasteiger partial charge in [0.15, 0.2) is 0 Å². The Morgan fingerprint density at radius 2 is 2.08 bits per heavy atom. The highest BCUT2D eigenvalue weighted by molar-refractivity contribution is 6.30. The highest BCUT2D eigenvalue weighted by atomic mass is 35.5. The molecule has 1 aromatic heterocycles. The molecular weight excluding hydrogens is 190 g/mol. The quantitative estimate of drug-likeness (QED) is 0.711. The minimum absolute atomic E-state index is 0.250. The summed E-state index contributed by atoms with van der Waals surface area (Å²) in [7, 11) is 0. The zero-order chi connectivity index (χ0) is 10.3. The molecule has 0 aromatic carbocycles. The molecule has 0 aliphatic heterocycles. The first-order valence-electron chi connectivity index (χ1n) is 3.80. The fourth-order valence-corrected chi connectivity index (χ4v) is 0.926. The number of hydrogen-bond acceptors (Lipinski definition) is 2. The molecule has 13 heavy (non-hydrogen) atoms. The van der Waals surface area contributed by atoms with Gasteiger partial charge in [0.05, 0.1) is 5.02 Å². The molecule has 0 spiro atoms. The lowest BCUT2D eigenvalue weighted by molar-refractivity contribution is -0.122. The molecule has 0 fully saturated rings. The second kappa shape index (κ2) is 6.43. The van der Waals surface area contributed by atoms with Crippen LogP contribution in [0.3, 0.4) is 0 Å². The second-order valence-electron chi connectivity index (χ2n) is 2.70. The summed E-state index contributed by atoms with van der Waals surface area (Å²) in [6.07, 6.45) is 3.49. The lowest BCUT2D eigenvalue weighted by Crippen LogP contribution is -1.87. The Morgan fingerprint density at radius 1 is 1.54 bits per heavy atom. The van der Waals surface area contributed by atoms with Crippen molar-refractivity contribution in [2.75, 3.05) is 0 Å². The van der Waals surface area contributed by atoms with Crippen molar-refractivity contribution < 1.29 is 9.90 Å². The molecule has 0 aliphatic rings. The summed E-state index contributed by atoms with van der Waals surface area (Å²) >= 11 is 5.73. The summed E-state index contributed by atoms with van der Waals surface area (Å²) < 4.78 is 0. The molecule has 3 nitrogen and oxygen atoms in total. The van der Waals surface area contributed by atoms with Crippen LogP contribution in [0, 0.1) is 0 Å². The molecule has 72 valence electrons. The number of halogens is 1. The predicted octanol–water partition coefficient (Wildman–Crippen LogP) is 2.56. The van der Waals surface area contributed by atoms with Crippen LogP contribution in [0.4, 0.5) is 0 Å². The van der Waals surface area contributed by atoms with E-state index in [0.717, 1.165) is 0 Å². The number of carbonyl (C=O) groups is 1. The highest BCUT2D eigenvalue weighted by Gasteiger charge is 1.98. The van der Waals surface area contributed by atoms with Gasteiger partial charge in [-0.3, -0.25) is 9.78 Å². The molecular formula is C9H12ClNO2. The lowest BCUT2D eigenvalue weighted by atomic mass is 10.1. The van der Waals surface area contributed by atoms with Crippen LogP contribution in [0.15, 0.2) is 18.5 Å². The maximum atomic E-state index is 8.36. The largest absolute Gasteiger partial charge is 0.483 e. The smallest absolute Gasteiger partial charge is 0.290 e. The van der Waals surface area contributed by atoms with Gasteiger partial charge < -0.3 is 5.11 Å². The monoisotopic (exact) mass is 201 g/mol. The normalized spacial score (nSPS) is 8.92. The molecule has 1 heterocycles. The van der Waals surface area contributed by atoms with Crippen molar-refractivity contribution in [3.05, 3.63) is 29.0 Å². The average molecular weight is 202 g/mol. The Kier molecular flexibility index (Phi) is 5.89. The number of hydrogen-bond donors (Lipinski definition) is 1. The predicted molar refractivity (Wildman–Crippen MR) is 52.0 cm³/mol. The van der Waals surface area contributed by atoms with Gasteiger partial charge in [0.1, 0.15) is 0 Å². The third kappa shape index (κ3) is 5.20. The van der Waals surface area contributed by atoms with Gasteiger partial charge in [0, 0.05) is 12.4 Å². The van der Waals surface area contributed by atoms with E-state index in [0.29, 0.717) is 10.9 Å². The van der Waals surface area contributed by atoms with E-state index in [-0.39, 0.29) is 6.47 Å². The maximum Gasteiger partial charge on any atom is 0.290 e. The van der Waals surface area contributed by atoms with Crippen LogP contribution >= 0.6 is 11.6 Å². The van der Waals surface area contributed by atoms with E-state index >= 15 is 0 Å². The Labute approximate surface area is 82.4 Å². The zero-order valence-corrected chi connectivity index (χ0v) is 8.32. The van der Waals surface area contributed by atoms with Crippen LogP contribution in [-0.2, 0) is 4.79 Å².